The number of hydrogen-bond donors (Lipinski definition) is 0. The van der Waals surface area contributed by atoms with Gasteiger partial charge in [0.05, 0.1) is 0 Å². The van der Waals surface area contributed by atoms with E-state index in [0.29, 0.717) is 0 Å². The van der Waals surface area contributed by atoms with Crippen LogP contribution in [0.25, 0.3) is 76.8 Å². The summed E-state index contributed by atoms with van der Waals surface area (Å²) in [6.45, 7) is 0. The van der Waals surface area contributed by atoms with Crippen LogP contribution >= 0.6 is 11.3 Å². The molecule has 1 nitrogen and oxygen atoms in total. The van der Waals surface area contributed by atoms with Crippen molar-refractivity contribution in [2.75, 3.05) is 4.90 Å². The molecule has 2 heteroatoms. The fourth-order valence-electron chi connectivity index (χ4n) is 9.34. The van der Waals surface area contributed by atoms with E-state index < -0.39 is 0 Å². The van der Waals surface area contributed by atoms with Gasteiger partial charge in [-0.25, -0.2) is 0 Å². The molecule has 64 heavy (non-hydrogen) atoms. The number of thiophene rings is 1. The molecule has 1 unspecified atom stereocenters. The van der Waals surface area contributed by atoms with Crippen LogP contribution in [-0.4, -0.2) is 0 Å². The molecule has 0 fully saturated rings. The van der Waals surface area contributed by atoms with Gasteiger partial charge in [-0.15, -0.1) is 11.3 Å². The van der Waals surface area contributed by atoms with Crippen molar-refractivity contribution < 1.29 is 0 Å². The van der Waals surface area contributed by atoms with E-state index in [1.807, 2.05) is 11.3 Å². The van der Waals surface area contributed by atoms with Gasteiger partial charge in [-0.2, -0.15) is 0 Å². The summed E-state index contributed by atoms with van der Waals surface area (Å²) in [4.78, 5) is 2.33. The number of rotatable bonds is 10. The third-order valence-electron chi connectivity index (χ3n) is 12.4. The van der Waals surface area contributed by atoms with Crippen LogP contribution in [0.1, 0.15) is 29.0 Å². The first-order chi connectivity index (χ1) is 31.7. The fourth-order valence-corrected chi connectivity index (χ4v) is 10.5. The standard InChI is InChI=1S/C62H45NS/c1-7-19-46(20-8-1)56-43-57(61(49-23-11-3-12-24-49)62(50-25-13-4-14-26-50)60(56)48-21-9-2-10-22-48)47-36-33-44(34-37-47)31-32-45-35-39-54-55-40-38-53(42-59(55)64-58(54)41-45)63(51-27-15-5-16-28-51)52-29-17-6-18-30-52/h1-19,21-43,46H,20H2/b32-31+. The lowest BCUT2D eigenvalue weighted by Gasteiger charge is -2.27. The Morgan fingerprint density at radius 2 is 0.922 bits per heavy atom. The summed E-state index contributed by atoms with van der Waals surface area (Å²) in [7, 11) is 0. The monoisotopic (exact) mass is 835 g/mol. The average molecular weight is 836 g/mol. The second-order valence-electron chi connectivity index (χ2n) is 16.4. The van der Waals surface area contributed by atoms with Crippen LogP contribution in [0.2, 0.25) is 0 Å². The average Bonchev–Trinajstić information content (AvgIpc) is 3.74. The molecule has 9 aromatic carbocycles. The van der Waals surface area contributed by atoms with E-state index in [-0.39, 0.29) is 5.92 Å². The van der Waals surface area contributed by atoms with E-state index in [1.165, 1.54) is 75.8 Å². The molecule has 0 radical (unpaired) electrons. The first-order valence-corrected chi connectivity index (χ1v) is 22.9. The molecule has 1 aliphatic carbocycles. The van der Waals surface area contributed by atoms with E-state index in [1.54, 1.807) is 0 Å². The molecule has 0 amide bonds. The lowest BCUT2D eigenvalue weighted by molar-refractivity contribution is 0.856. The zero-order chi connectivity index (χ0) is 42.7. The molecule has 1 heterocycles. The molecule has 0 saturated carbocycles. The summed E-state index contributed by atoms with van der Waals surface area (Å²) in [6, 6.07) is 79.5. The number of para-hydroxylation sites is 2. The maximum atomic E-state index is 2.49. The molecule has 11 rings (SSSR count). The van der Waals surface area contributed by atoms with Crippen LogP contribution < -0.4 is 4.90 Å². The van der Waals surface area contributed by atoms with Crippen molar-refractivity contribution in [2.24, 2.45) is 0 Å². The van der Waals surface area contributed by atoms with Gasteiger partial charge in [0.25, 0.3) is 0 Å². The minimum absolute atomic E-state index is 0.257. The van der Waals surface area contributed by atoms with Crippen molar-refractivity contribution in [2.45, 2.75) is 12.3 Å². The number of benzene rings is 9. The Hall–Kier alpha value is -7.78. The molecule has 0 aliphatic heterocycles. The van der Waals surface area contributed by atoms with Gasteiger partial charge < -0.3 is 4.90 Å². The summed E-state index contributed by atoms with van der Waals surface area (Å²) in [5, 5.41) is 2.58. The van der Waals surface area contributed by atoms with Crippen LogP contribution in [0.4, 0.5) is 17.1 Å². The van der Waals surface area contributed by atoms with E-state index in [9.17, 15) is 0 Å². The van der Waals surface area contributed by atoms with Crippen molar-refractivity contribution in [1.29, 1.82) is 0 Å². The highest BCUT2D eigenvalue weighted by molar-refractivity contribution is 7.25. The highest BCUT2D eigenvalue weighted by Crippen LogP contribution is 2.50. The van der Waals surface area contributed by atoms with E-state index in [2.05, 4.69) is 260 Å². The smallest absolute Gasteiger partial charge is 0.0476 e. The lowest BCUT2D eigenvalue weighted by atomic mass is 9.76. The topological polar surface area (TPSA) is 3.24 Å². The van der Waals surface area contributed by atoms with Gasteiger partial charge in [0, 0.05) is 43.2 Å². The zero-order valence-electron chi connectivity index (χ0n) is 35.4. The normalized spacial score (nSPS) is 13.5. The maximum Gasteiger partial charge on any atom is 0.0476 e. The van der Waals surface area contributed by atoms with Crippen LogP contribution in [0.3, 0.4) is 0 Å². The fraction of sp³-hybridized carbons (Fsp3) is 0.0323. The summed E-state index contributed by atoms with van der Waals surface area (Å²) in [5.41, 5.74) is 17.1. The van der Waals surface area contributed by atoms with E-state index >= 15 is 0 Å². The summed E-state index contributed by atoms with van der Waals surface area (Å²) in [5.74, 6) is 0.257. The van der Waals surface area contributed by atoms with Crippen LogP contribution in [0.5, 0.6) is 0 Å². The Morgan fingerprint density at radius 3 is 1.52 bits per heavy atom. The van der Waals surface area contributed by atoms with Gasteiger partial charge in [0.2, 0.25) is 0 Å². The largest absolute Gasteiger partial charge is 0.310 e. The number of fused-ring (bicyclic) bond motifs is 3. The van der Waals surface area contributed by atoms with Crippen LogP contribution in [-0.2, 0) is 0 Å². The molecule has 304 valence electrons. The second-order valence-corrected chi connectivity index (χ2v) is 17.5. The van der Waals surface area contributed by atoms with Gasteiger partial charge in [-0.05, 0) is 116 Å². The molecule has 0 bridgehead atoms. The third-order valence-corrected chi connectivity index (χ3v) is 13.5. The van der Waals surface area contributed by atoms with Crippen LogP contribution in [0, 0.1) is 0 Å². The molecule has 1 aliphatic rings. The maximum absolute atomic E-state index is 2.49. The molecular weight excluding hydrogens is 791 g/mol. The van der Waals surface area contributed by atoms with E-state index in [0.717, 1.165) is 29.0 Å². The summed E-state index contributed by atoms with van der Waals surface area (Å²) < 4.78 is 2.57. The van der Waals surface area contributed by atoms with Crippen molar-refractivity contribution in [3.8, 4) is 44.5 Å². The minimum Gasteiger partial charge on any atom is -0.310 e. The molecule has 10 aromatic rings. The van der Waals surface area contributed by atoms with Crippen molar-refractivity contribution >= 4 is 60.7 Å². The van der Waals surface area contributed by atoms with E-state index in [4.69, 9.17) is 0 Å². The first kappa shape index (κ1) is 39.1. The van der Waals surface area contributed by atoms with Gasteiger partial charge in [0.1, 0.15) is 0 Å². The van der Waals surface area contributed by atoms with Crippen LogP contribution in [0.15, 0.2) is 243 Å². The molecule has 1 atom stereocenters. The number of hydrogen-bond acceptors (Lipinski definition) is 2. The Kier molecular flexibility index (Phi) is 10.7. The minimum atomic E-state index is 0.257. The third kappa shape index (κ3) is 7.70. The van der Waals surface area contributed by atoms with Gasteiger partial charge in [-0.1, -0.05) is 206 Å². The number of anilines is 3. The quantitative estimate of drug-likeness (QED) is 0.124. The van der Waals surface area contributed by atoms with Gasteiger partial charge in [-0.3, -0.25) is 0 Å². The lowest BCUT2D eigenvalue weighted by Crippen LogP contribution is -2.09. The van der Waals surface area contributed by atoms with Crippen molar-refractivity contribution in [3.63, 3.8) is 0 Å². The van der Waals surface area contributed by atoms with Gasteiger partial charge in [0.15, 0.2) is 0 Å². The first-order valence-electron chi connectivity index (χ1n) is 22.1. The second kappa shape index (κ2) is 17.5. The SMILES string of the molecule is C1=CCC(c2cc(-c3ccc(/C=C/c4ccc5c(c4)sc4cc(N(c6ccccc6)c6ccccc6)ccc45)cc3)c(-c3ccccc3)c(-c3ccccc3)c2-c2ccccc2)C=C1. The predicted molar refractivity (Wildman–Crippen MR) is 277 cm³/mol. The Balaban J connectivity index is 0.965. The highest BCUT2D eigenvalue weighted by atomic mass is 32.1. The highest BCUT2D eigenvalue weighted by Gasteiger charge is 2.26. The Morgan fingerprint density at radius 1 is 0.406 bits per heavy atom. The molecule has 0 spiro atoms. The predicted octanol–water partition coefficient (Wildman–Crippen LogP) is 18.0. The molecule has 0 saturated heterocycles. The molecule has 1 aromatic heterocycles. The summed E-state index contributed by atoms with van der Waals surface area (Å²) in [6.07, 6.45) is 14.5. The van der Waals surface area contributed by atoms with Crippen molar-refractivity contribution in [1.82, 2.24) is 0 Å². The Bertz CT molecular complexity index is 3270. The van der Waals surface area contributed by atoms with Crippen molar-refractivity contribution in [3.05, 3.63) is 259 Å². The molecular formula is C62H45NS. The Labute approximate surface area is 379 Å². The number of nitrogens with zero attached hydrogens (tertiary/aromatic N) is 1. The molecule has 0 N–H and O–H groups in total. The zero-order valence-corrected chi connectivity index (χ0v) is 36.2. The van der Waals surface area contributed by atoms with Gasteiger partial charge >= 0.3 is 0 Å². The number of allylic oxidation sites excluding steroid dienone is 4. The summed E-state index contributed by atoms with van der Waals surface area (Å²) >= 11 is 1.86.